The molecular formula is C13H16N6O2. The predicted molar refractivity (Wildman–Crippen MR) is 78.2 cm³/mol. The summed E-state index contributed by atoms with van der Waals surface area (Å²) in [5, 5.41) is 21.1. The summed E-state index contributed by atoms with van der Waals surface area (Å²) < 4.78 is 0. The molecular weight excluding hydrogens is 272 g/mol. The van der Waals surface area contributed by atoms with Crippen LogP contribution in [0.3, 0.4) is 0 Å². The van der Waals surface area contributed by atoms with Gasteiger partial charge in [0.2, 0.25) is 5.95 Å². The Morgan fingerprint density at radius 1 is 1.38 bits per heavy atom. The van der Waals surface area contributed by atoms with E-state index in [1.165, 1.54) is 12.1 Å². The molecule has 0 bridgehead atoms. The molecule has 3 rings (SSSR count). The smallest absolute Gasteiger partial charge is 0.269 e. The fourth-order valence-electron chi connectivity index (χ4n) is 2.38. The lowest BCUT2D eigenvalue weighted by atomic mass is 10.2. The van der Waals surface area contributed by atoms with Crippen LogP contribution in [0.25, 0.3) is 11.4 Å². The minimum atomic E-state index is -0.419. The maximum absolute atomic E-state index is 10.6. The highest BCUT2D eigenvalue weighted by Gasteiger charge is 2.19. The Balaban J connectivity index is 1.79. The summed E-state index contributed by atoms with van der Waals surface area (Å²) in [6, 6.07) is 6.67. The molecule has 0 aliphatic carbocycles. The molecule has 21 heavy (non-hydrogen) atoms. The van der Waals surface area contributed by atoms with Gasteiger partial charge in [-0.05, 0) is 19.1 Å². The molecule has 2 N–H and O–H groups in total. The number of aromatic amines is 1. The van der Waals surface area contributed by atoms with E-state index in [-0.39, 0.29) is 5.69 Å². The Morgan fingerprint density at radius 3 is 2.81 bits per heavy atom. The molecule has 0 amide bonds. The summed E-state index contributed by atoms with van der Waals surface area (Å²) >= 11 is 0. The lowest BCUT2D eigenvalue weighted by Gasteiger charge is -2.30. The zero-order chi connectivity index (χ0) is 14.8. The second-order valence-electron chi connectivity index (χ2n) is 5.09. The zero-order valence-corrected chi connectivity index (χ0v) is 11.6. The van der Waals surface area contributed by atoms with Crippen molar-refractivity contribution < 1.29 is 4.92 Å². The first kappa shape index (κ1) is 13.5. The van der Waals surface area contributed by atoms with Crippen molar-refractivity contribution in [1.82, 2.24) is 20.5 Å². The fraction of sp³-hybridized carbons (Fsp3) is 0.385. The zero-order valence-electron chi connectivity index (χ0n) is 11.6. The number of anilines is 1. The fourth-order valence-corrected chi connectivity index (χ4v) is 2.38. The number of non-ortho nitro benzene ring substituents is 1. The number of rotatable bonds is 3. The van der Waals surface area contributed by atoms with Gasteiger partial charge >= 0.3 is 0 Å². The van der Waals surface area contributed by atoms with Crippen molar-refractivity contribution >= 4 is 11.6 Å². The van der Waals surface area contributed by atoms with Crippen LogP contribution in [0.2, 0.25) is 0 Å². The molecule has 1 aliphatic heterocycles. The maximum Gasteiger partial charge on any atom is 0.269 e. The van der Waals surface area contributed by atoms with E-state index in [0.29, 0.717) is 17.8 Å². The largest absolute Gasteiger partial charge is 0.337 e. The minimum absolute atomic E-state index is 0.0643. The summed E-state index contributed by atoms with van der Waals surface area (Å²) in [6.07, 6.45) is 0. The number of aromatic nitrogens is 3. The molecule has 1 saturated heterocycles. The number of H-pyrrole nitrogens is 1. The summed E-state index contributed by atoms with van der Waals surface area (Å²) in [6.45, 7) is 4.75. The van der Waals surface area contributed by atoms with Gasteiger partial charge < -0.3 is 10.2 Å². The van der Waals surface area contributed by atoms with Gasteiger partial charge in [-0.3, -0.25) is 15.2 Å². The van der Waals surface area contributed by atoms with Crippen molar-refractivity contribution in [2.75, 3.05) is 24.5 Å². The van der Waals surface area contributed by atoms with Gasteiger partial charge in [0.05, 0.1) is 4.92 Å². The number of nitro benzene ring substituents is 1. The van der Waals surface area contributed by atoms with Crippen LogP contribution >= 0.6 is 0 Å². The number of piperazine rings is 1. The number of hydrogen-bond acceptors (Lipinski definition) is 6. The first-order valence-corrected chi connectivity index (χ1v) is 6.79. The molecule has 110 valence electrons. The van der Waals surface area contributed by atoms with Crippen LogP contribution in [-0.2, 0) is 0 Å². The van der Waals surface area contributed by atoms with Crippen LogP contribution in [0.4, 0.5) is 11.6 Å². The molecule has 8 nitrogen and oxygen atoms in total. The van der Waals surface area contributed by atoms with Crippen LogP contribution in [0, 0.1) is 10.1 Å². The third-order valence-corrected chi connectivity index (χ3v) is 3.48. The Kier molecular flexibility index (Phi) is 3.53. The third kappa shape index (κ3) is 2.84. The highest BCUT2D eigenvalue weighted by molar-refractivity contribution is 5.58. The Hall–Kier alpha value is -2.48. The van der Waals surface area contributed by atoms with Gasteiger partial charge in [0.15, 0.2) is 5.82 Å². The molecule has 0 spiro atoms. The van der Waals surface area contributed by atoms with Gasteiger partial charge in [0, 0.05) is 43.4 Å². The van der Waals surface area contributed by atoms with Crippen LogP contribution in [0.15, 0.2) is 24.3 Å². The van der Waals surface area contributed by atoms with Gasteiger partial charge in [0.1, 0.15) is 0 Å². The first-order chi connectivity index (χ1) is 10.1. The monoisotopic (exact) mass is 288 g/mol. The van der Waals surface area contributed by atoms with Gasteiger partial charge in [-0.15, -0.1) is 5.10 Å². The van der Waals surface area contributed by atoms with Crippen molar-refractivity contribution in [2.24, 2.45) is 0 Å². The third-order valence-electron chi connectivity index (χ3n) is 3.48. The molecule has 2 heterocycles. The van der Waals surface area contributed by atoms with Gasteiger partial charge in [0.25, 0.3) is 5.69 Å². The average molecular weight is 288 g/mol. The molecule has 0 unspecified atom stereocenters. The van der Waals surface area contributed by atoms with E-state index in [9.17, 15) is 10.1 Å². The van der Waals surface area contributed by atoms with Crippen LogP contribution in [0.5, 0.6) is 0 Å². The minimum Gasteiger partial charge on any atom is -0.337 e. The molecule has 1 fully saturated rings. The van der Waals surface area contributed by atoms with Crippen LogP contribution in [-0.4, -0.2) is 45.8 Å². The lowest BCUT2D eigenvalue weighted by molar-refractivity contribution is -0.384. The molecule has 0 saturated carbocycles. The van der Waals surface area contributed by atoms with Crippen LogP contribution < -0.4 is 10.2 Å². The van der Waals surface area contributed by atoms with E-state index in [1.54, 1.807) is 12.1 Å². The van der Waals surface area contributed by atoms with Crippen molar-refractivity contribution in [1.29, 1.82) is 0 Å². The normalized spacial score (nSPS) is 18.7. The standard InChI is InChI=1S/C13H16N6O2/c1-9-8-18(7-6-14-9)13-15-12(16-17-13)10-2-4-11(5-3-10)19(20)21/h2-5,9,14H,6-8H2,1H3,(H,15,16,17)/t9-/m1/s1. The summed E-state index contributed by atoms with van der Waals surface area (Å²) in [5.74, 6) is 1.28. The number of benzene rings is 1. The maximum atomic E-state index is 10.6. The Morgan fingerprint density at radius 2 is 2.14 bits per heavy atom. The van der Waals surface area contributed by atoms with Crippen LogP contribution in [0.1, 0.15) is 6.92 Å². The first-order valence-electron chi connectivity index (χ1n) is 6.79. The van der Waals surface area contributed by atoms with Gasteiger partial charge in [-0.2, -0.15) is 4.98 Å². The SMILES string of the molecule is C[C@@H]1CN(c2n[nH]c(-c3ccc([N+](=O)[O-])cc3)n2)CCN1. The second-order valence-corrected chi connectivity index (χ2v) is 5.09. The molecule has 2 aromatic rings. The topological polar surface area (TPSA) is 100.0 Å². The van der Waals surface area contributed by atoms with Crippen molar-refractivity contribution in [3.8, 4) is 11.4 Å². The molecule has 1 atom stereocenters. The second kappa shape index (κ2) is 5.49. The van der Waals surface area contributed by atoms with E-state index in [1.807, 2.05) is 0 Å². The average Bonchev–Trinajstić information content (AvgIpc) is 2.97. The van der Waals surface area contributed by atoms with E-state index >= 15 is 0 Å². The lowest BCUT2D eigenvalue weighted by Crippen LogP contribution is -2.49. The highest BCUT2D eigenvalue weighted by atomic mass is 16.6. The molecule has 1 aromatic heterocycles. The Bertz CT molecular complexity index is 638. The van der Waals surface area contributed by atoms with E-state index in [0.717, 1.165) is 25.2 Å². The molecule has 0 radical (unpaired) electrons. The number of nitrogens with zero attached hydrogens (tertiary/aromatic N) is 4. The molecule has 1 aliphatic rings. The van der Waals surface area contributed by atoms with E-state index in [2.05, 4.69) is 32.3 Å². The number of nitro groups is 1. The quantitative estimate of drug-likeness (QED) is 0.649. The highest BCUT2D eigenvalue weighted by Crippen LogP contribution is 2.21. The van der Waals surface area contributed by atoms with E-state index in [4.69, 9.17) is 0 Å². The molecule has 8 heteroatoms. The Labute approximate surface area is 121 Å². The van der Waals surface area contributed by atoms with E-state index < -0.39 is 4.92 Å². The summed E-state index contributed by atoms with van der Waals surface area (Å²) in [7, 11) is 0. The van der Waals surface area contributed by atoms with Crippen molar-refractivity contribution in [3.05, 3.63) is 34.4 Å². The summed E-state index contributed by atoms with van der Waals surface area (Å²) in [5.41, 5.74) is 0.844. The number of hydrogen-bond donors (Lipinski definition) is 2. The van der Waals surface area contributed by atoms with Crippen molar-refractivity contribution in [2.45, 2.75) is 13.0 Å². The summed E-state index contributed by atoms with van der Waals surface area (Å²) in [4.78, 5) is 16.8. The predicted octanol–water partition coefficient (Wildman–Crippen LogP) is 1.18. The van der Waals surface area contributed by atoms with Crippen molar-refractivity contribution in [3.63, 3.8) is 0 Å². The number of nitrogens with one attached hydrogen (secondary N) is 2. The molecule has 1 aromatic carbocycles. The van der Waals surface area contributed by atoms with Gasteiger partial charge in [-0.25, -0.2) is 0 Å². The van der Waals surface area contributed by atoms with Gasteiger partial charge in [-0.1, -0.05) is 0 Å².